The number of allylic oxidation sites excluding steroid dienone is 2. The molecule has 0 aliphatic rings. The summed E-state index contributed by atoms with van der Waals surface area (Å²) in [7, 11) is 0. The molecule has 4 aromatic rings. The van der Waals surface area contributed by atoms with Crippen molar-refractivity contribution in [2.24, 2.45) is 0 Å². The lowest BCUT2D eigenvalue weighted by molar-refractivity contribution is 1.29. The van der Waals surface area contributed by atoms with E-state index in [2.05, 4.69) is 65.9 Å². The third-order valence-electron chi connectivity index (χ3n) is 4.06. The summed E-state index contributed by atoms with van der Waals surface area (Å²) in [5, 5.41) is 3.77. The molecule has 2 N–H and O–H groups in total. The van der Waals surface area contributed by atoms with Crippen LogP contribution in [0.1, 0.15) is 11.3 Å². The van der Waals surface area contributed by atoms with Crippen LogP contribution in [0.3, 0.4) is 0 Å². The number of aromatic amines is 2. The third-order valence-corrected chi connectivity index (χ3v) is 4.06. The summed E-state index contributed by atoms with van der Waals surface area (Å²) in [6.45, 7) is 5.85. The number of hydrogen-bond acceptors (Lipinski definition) is 0. The first-order chi connectivity index (χ1) is 10.3. The van der Waals surface area contributed by atoms with E-state index < -0.39 is 0 Å². The molecule has 0 aliphatic carbocycles. The molecule has 2 aromatic heterocycles. The number of hydrogen-bond donors (Lipinski definition) is 2. The van der Waals surface area contributed by atoms with Crippen LogP contribution in [0, 0.1) is 6.92 Å². The predicted octanol–water partition coefficient (Wildman–Crippen LogP) is 5.31. The van der Waals surface area contributed by atoms with Gasteiger partial charge in [-0.3, -0.25) is 0 Å². The van der Waals surface area contributed by atoms with Gasteiger partial charge in [0, 0.05) is 44.0 Å². The van der Waals surface area contributed by atoms with Gasteiger partial charge in [0.1, 0.15) is 0 Å². The summed E-state index contributed by atoms with van der Waals surface area (Å²) in [6, 6.07) is 12.9. The quantitative estimate of drug-likeness (QED) is 0.463. The van der Waals surface area contributed by atoms with Crippen LogP contribution in [0.15, 0.2) is 55.1 Å². The van der Waals surface area contributed by atoms with Gasteiger partial charge in [-0.25, -0.2) is 0 Å². The van der Waals surface area contributed by atoms with Crippen LogP contribution in [-0.4, -0.2) is 9.97 Å². The number of rotatable bonds is 2. The van der Waals surface area contributed by atoms with Gasteiger partial charge in [0.25, 0.3) is 0 Å². The summed E-state index contributed by atoms with van der Waals surface area (Å²) < 4.78 is 0. The van der Waals surface area contributed by atoms with E-state index in [4.69, 9.17) is 0 Å². The van der Waals surface area contributed by atoms with Crippen molar-refractivity contribution in [2.75, 3.05) is 0 Å². The number of aryl methyl sites for hydroxylation is 1. The smallest absolute Gasteiger partial charge is 0.0472 e. The number of nitrogens with one attached hydrogen (secondary N) is 2. The molecule has 0 fully saturated rings. The lowest BCUT2D eigenvalue weighted by Gasteiger charge is -1.95. The zero-order valence-electron chi connectivity index (χ0n) is 11.9. The van der Waals surface area contributed by atoms with Crippen LogP contribution in [0.25, 0.3) is 38.8 Å². The second kappa shape index (κ2) is 4.38. The molecule has 0 saturated carbocycles. The zero-order chi connectivity index (χ0) is 14.4. The Morgan fingerprint density at radius 2 is 1.67 bits per heavy atom. The molecule has 0 bridgehead atoms. The molecule has 0 amide bonds. The number of H-pyrrole nitrogens is 2. The standard InChI is InChI=1S/C19H16N2/c1-3-4-7-13-12(2)20-18-11-16-14-8-5-6-9-17(14)21-19(16)10-15(13)18/h3-11,20-21H,1H2,2H3/b7-4-. The van der Waals surface area contributed by atoms with Gasteiger partial charge in [0.15, 0.2) is 0 Å². The van der Waals surface area contributed by atoms with E-state index in [-0.39, 0.29) is 0 Å². The van der Waals surface area contributed by atoms with E-state index >= 15 is 0 Å². The van der Waals surface area contributed by atoms with Gasteiger partial charge in [-0.2, -0.15) is 0 Å². The molecule has 0 unspecified atom stereocenters. The molecular weight excluding hydrogens is 256 g/mol. The van der Waals surface area contributed by atoms with Gasteiger partial charge in [0.2, 0.25) is 0 Å². The Morgan fingerprint density at radius 1 is 0.905 bits per heavy atom. The number of fused-ring (bicyclic) bond motifs is 4. The number of para-hydroxylation sites is 1. The van der Waals surface area contributed by atoms with Gasteiger partial charge in [0.05, 0.1) is 0 Å². The molecule has 21 heavy (non-hydrogen) atoms. The van der Waals surface area contributed by atoms with Crippen LogP contribution in [0.2, 0.25) is 0 Å². The molecule has 0 atom stereocenters. The highest BCUT2D eigenvalue weighted by molar-refractivity contribution is 6.12. The normalized spacial score (nSPS) is 12.0. The minimum absolute atomic E-state index is 1.17. The molecule has 0 radical (unpaired) electrons. The van der Waals surface area contributed by atoms with Crippen molar-refractivity contribution in [3.05, 3.63) is 66.4 Å². The highest BCUT2D eigenvalue weighted by Gasteiger charge is 2.10. The predicted molar refractivity (Wildman–Crippen MR) is 91.6 cm³/mol. The first-order valence-corrected chi connectivity index (χ1v) is 7.10. The minimum Gasteiger partial charge on any atom is -0.358 e. The van der Waals surface area contributed by atoms with Gasteiger partial charge < -0.3 is 9.97 Å². The topological polar surface area (TPSA) is 31.6 Å². The molecule has 0 spiro atoms. The molecule has 4 rings (SSSR count). The van der Waals surface area contributed by atoms with Crippen molar-refractivity contribution in [3.8, 4) is 0 Å². The van der Waals surface area contributed by atoms with E-state index in [0.29, 0.717) is 0 Å². The van der Waals surface area contributed by atoms with E-state index in [9.17, 15) is 0 Å². The Morgan fingerprint density at radius 3 is 2.52 bits per heavy atom. The lowest BCUT2D eigenvalue weighted by Crippen LogP contribution is -1.74. The Labute approximate surface area is 122 Å². The van der Waals surface area contributed by atoms with E-state index in [0.717, 1.165) is 0 Å². The van der Waals surface area contributed by atoms with Crippen LogP contribution < -0.4 is 0 Å². The molecule has 2 heteroatoms. The fraction of sp³-hybridized carbons (Fsp3) is 0.0526. The monoisotopic (exact) mass is 272 g/mol. The Kier molecular flexibility index (Phi) is 2.51. The largest absolute Gasteiger partial charge is 0.358 e. The fourth-order valence-corrected chi connectivity index (χ4v) is 3.07. The fourth-order valence-electron chi connectivity index (χ4n) is 3.07. The molecule has 102 valence electrons. The van der Waals surface area contributed by atoms with Crippen molar-refractivity contribution in [2.45, 2.75) is 6.92 Å². The van der Waals surface area contributed by atoms with E-state index in [1.54, 1.807) is 6.08 Å². The zero-order valence-corrected chi connectivity index (χ0v) is 11.9. The van der Waals surface area contributed by atoms with Crippen LogP contribution in [0.5, 0.6) is 0 Å². The molecule has 0 saturated heterocycles. The van der Waals surface area contributed by atoms with Crippen molar-refractivity contribution in [3.63, 3.8) is 0 Å². The van der Waals surface area contributed by atoms with Crippen LogP contribution >= 0.6 is 0 Å². The summed E-state index contributed by atoms with van der Waals surface area (Å²) in [4.78, 5) is 6.99. The van der Waals surface area contributed by atoms with E-state index in [1.165, 1.54) is 44.0 Å². The summed E-state index contributed by atoms with van der Waals surface area (Å²) in [6.07, 6.45) is 5.89. The van der Waals surface area contributed by atoms with Crippen molar-refractivity contribution >= 4 is 38.8 Å². The average Bonchev–Trinajstić information content (AvgIpc) is 2.99. The molecular formula is C19H16N2. The van der Waals surface area contributed by atoms with Gasteiger partial charge >= 0.3 is 0 Å². The van der Waals surface area contributed by atoms with Gasteiger partial charge in [-0.05, 0) is 25.1 Å². The lowest BCUT2D eigenvalue weighted by atomic mass is 10.1. The van der Waals surface area contributed by atoms with Gasteiger partial charge in [-0.15, -0.1) is 0 Å². The second-order valence-corrected chi connectivity index (χ2v) is 5.37. The van der Waals surface area contributed by atoms with Gasteiger partial charge in [-0.1, -0.05) is 43.0 Å². The van der Waals surface area contributed by atoms with Crippen LogP contribution in [0.4, 0.5) is 0 Å². The molecule has 2 aromatic carbocycles. The summed E-state index contributed by atoms with van der Waals surface area (Å²) in [5.74, 6) is 0. The highest BCUT2D eigenvalue weighted by Crippen LogP contribution is 2.32. The maximum absolute atomic E-state index is 3.75. The third kappa shape index (κ3) is 1.73. The Hall–Kier alpha value is -2.74. The van der Waals surface area contributed by atoms with Crippen molar-refractivity contribution in [1.29, 1.82) is 0 Å². The first-order valence-electron chi connectivity index (χ1n) is 7.10. The summed E-state index contributed by atoms with van der Waals surface area (Å²) in [5.41, 5.74) is 5.94. The maximum atomic E-state index is 3.75. The van der Waals surface area contributed by atoms with E-state index in [1.807, 2.05) is 6.08 Å². The Balaban J connectivity index is 2.11. The molecule has 0 aliphatic heterocycles. The average molecular weight is 272 g/mol. The second-order valence-electron chi connectivity index (χ2n) is 5.37. The van der Waals surface area contributed by atoms with Crippen LogP contribution in [-0.2, 0) is 0 Å². The Bertz CT molecular complexity index is 1010. The number of benzene rings is 2. The van der Waals surface area contributed by atoms with Crippen molar-refractivity contribution < 1.29 is 0 Å². The minimum atomic E-state index is 1.17. The summed E-state index contributed by atoms with van der Waals surface area (Å²) >= 11 is 0. The molecule has 2 heterocycles. The SMILES string of the molecule is C=C/C=C\c1c(C)[nH]c2cc3c(cc12)[nH]c1ccccc13. The first kappa shape index (κ1) is 12.0. The molecule has 2 nitrogen and oxygen atoms in total. The van der Waals surface area contributed by atoms with Crippen molar-refractivity contribution in [1.82, 2.24) is 9.97 Å². The number of aromatic nitrogens is 2. The maximum Gasteiger partial charge on any atom is 0.0472 e. The highest BCUT2D eigenvalue weighted by atomic mass is 14.7.